The molecule has 2 N–H and O–H groups in total. The van der Waals surface area contributed by atoms with Gasteiger partial charge in [0.1, 0.15) is 5.60 Å². The molecule has 2 fully saturated rings. The van der Waals surface area contributed by atoms with E-state index in [2.05, 4.69) is 30.3 Å². The predicted octanol–water partition coefficient (Wildman–Crippen LogP) is 2.84. The van der Waals surface area contributed by atoms with Gasteiger partial charge in [0.05, 0.1) is 19.3 Å². The predicted molar refractivity (Wildman–Crippen MR) is 79.4 cm³/mol. The molecule has 1 aromatic rings. The van der Waals surface area contributed by atoms with Gasteiger partial charge in [-0.25, -0.2) is 0 Å². The van der Waals surface area contributed by atoms with Crippen molar-refractivity contribution in [3.63, 3.8) is 0 Å². The van der Waals surface area contributed by atoms with E-state index in [4.69, 9.17) is 15.2 Å². The second-order valence-electron chi connectivity index (χ2n) is 6.08. The highest BCUT2D eigenvalue weighted by Crippen LogP contribution is 2.44. The molecule has 1 aliphatic heterocycles. The molecule has 20 heavy (non-hydrogen) atoms. The minimum absolute atomic E-state index is 0.0193. The van der Waals surface area contributed by atoms with Gasteiger partial charge in [0, 0.05) is 6.54 Å². The minimum atomic E-state index is -0.288. The van der Waals surface area contributed by atoms with Crippen molar-refractivity contribution in [3.05, 3.63) is 35.9 Å². The zero-order chi connectivity index (χ0) is 13.8. The highest BCUT2D eigenvalue weighted by Gasteiger charge is 2.46. The average molecular weight is 275 g/mol. The lowest BCUT2D eigenvalue weighted by atomic mass is 9.73. The van der Waals surface area contributed by atoms with Gasteiger partial charge in [-0.05, 0) is 24.3 Å². The van der Waals surface area contributed by atoms with Crippen LogP contribution in [0.25, 0.3) is 0 Å². The van der Waals surface area contributed by atoms with Gasteiger partial charge >= 0.3 is 0 Å². The maximum atomic E-state index is 6.50. The Hall–Kier alpha value is -0.900. The maximum Gasteiger partial charge on any atom is 0.120 e. The molecule has 0 radical (unpaired) electrons. The van der Waals surface area contributed by atoms with Crippen molar-refractivity contribution in [1.82, 2.24) is 0 Å². The number of benzene rings is 1. The third kappa shape index (κ3) is 2.62. The van der Waals surface area contributed by atoms with E-state index in [9.17, 15) is 0 Å². The van der Waals surface area contributed by atoms with Crippen LogP contribution >= 0.6 is 0 Å². The van der Waals surface area contributed by atoms with Gasteiger partial charge < -0.3 is 15.2 Å². The number of hydrogen-bond donors (Lipinski definition) is 1. The lowest BCUT2D eigenvalue weighted by Gasteiger charge is -2.47. The summed E-state index contributed by atoms with van der Waals surface area (Å²) in [7, 11) is 0. The van der Waals surface area contributed by atoms with E-state index in [-0.39, 0.29) is 11.7 Å². The Kier molecular flexibility index (Phi) is 4.39. The molecule has 3 rings (SSSR count). The fourth-order valence-electron chi connectivity index (χ4n) is 3.71. The van der Waals surface area contributed by atoms with Crippen LogP contribution in [0.1, 0.15) is 37.7 Å². The van der Waals surface area contributed by atoms with Crippen molar-refractivity contribution in [2.75, 3.05) is 19.8 Å². The molecule has 110 valence electrons. The van der Waals surface area contributed by atoms with E-state index in [0.29, 0.717) is 25.7 Å². The first kappa shape index (κ1) is 14.1. The molecule has 0 amide bonds. The highest BCUT2D eigenvalue weighted by atomic mass is 16.6. The Bertz CT molecular complexity index is 416. The summed E-state index contributed by atoms with van der Waals surface area (Å²) in [5, 5.41) is 0. The zero-order valence-electron chi connectivity index (χ0n) is 12.1. The van der Waals surface area contributed by atoms with E-state index in [1.807, 2.05) is 0 Å². The Balaban J connectivity index is 1.93. The molecule has 2 aliphatic rings. The molecule has 0 unspecified atom stereocenters. The van der Waals surface area contributed by atoms with Gasteiger partial charge in [-0.15, -0.1) is 0 Å². The summed E-state index contributed by atoms with van der Waals surface area (Å²) in [5.41, 5.74) is 6.79. The fourth-order valence-corrected chi connectivity index (χ4v) is 3.71. The normalized spacial score (nSPS) is 32.1. The van der Waals surface area contributed by atoms with Crippen LogP contribution in [0.4, 0.5) is 0 Å². The van der Waals surface area contributed by atoms with Crippen LogP contribution in [0.2, 0.25) is 0 Å². The maximum absolute atomic E-state index is 6.50. The SMILES string of the molecule is NC[C@H]1COC[C@](c2ccccc2)(C2CCCCC2)O1. The van der Waals surface area contributed by atoms with Crippen molar-refractivity contribution in [2.24, 2.45) is 11.7 Å². The van der Waals surface area contributed by atoms with Crippen LogP contribution in [-0.2, 0) is 15.1 Å². The van der Waals surface area contributed by atoms with Crippen LogP contribution in [-0.4, -0.2) is 25.9 Å². The Labute approximate surface area is 121 Å². The van der Waals surface area contributed by atoms with Crippen LogP contribution in [0, 0.1) is 5.92 Å². The molecule has 0 aromatic heterocycles. The van der Waals surface area contributed by atoms with Crippen molar-refractivity contribution < 1.29 is 9.47 Å². The third-order valence-electron chi connectivity index (χ3n) is 4.79. The number of rotatable bonds is 3. The molecule has 1 aromatic carbocycles. The molecule has 3 nitrogen and oxygen atoms in total. The Morgan fingerprint density at radius 1 is 1.10 bits per heavy atom. The summed E-state index contributed by atoms with van der Waals surface area (Å²) in [6, 6.07) is 10.6. The molecule has 1 heterocycles. The summed E-state index contributed by atoms with van der Waals surface area (Å²) in [6.45, 7) is 1.82. The molecule has 1 saturated carbocycles. The van der Waals surface area contributed by atoms with Crippen LogP contribution in [0.3, 0.4) is 0 Å². The third-order valence-corrected chi connectivity index (χ3v) is 4.79. The molecular formula is C17H25NO2. The van der Waals surface area contributed by atoms with E-state index in [0.717, 1.165) is 0 Å². The standard InChI is InChI=1S/C17H25NO2/c18-11-16-12-19-13-17(20-16,14-7-3-1-4-8-14)15-9-5-2-6-10-15/h1,3-4,7-8,15-16H,2,5-6,9-13,18H2/t16-,17-/m0/s1. The van der Waals surface area contributed by atoms with Gasteiger partial charge in [-0.2, -0.15) is 0 Å². The first-order chi connectivity index (χ1) is 9.85. The van der Waals surface area contributed by atoms with Gasteiger partial charge in [0.15, 0.2) is 0 Å². The molecule has 1 aliphatic carbocycles. The fraction of sp³-hybridized carbons (Fsp3) is 0.647. The first-order valence-corrected chi connectivity index (χ1v) is 7.86. The topological polar surface area (TPSA) is 44.5 Å². The smallest absolute Gasteiger partial charge is 0.120 e. The van der Waals surface area contributed by atoms with E-state index in [1.165, 1.54) is 37.7 Å². The monoisotopic (exact) mass is 275 g/mol. The largest absolute Gasteiger partial charge is 0.375 e. The quantitative estimate of drug-likeness (QED) is 0.922. The number of nitrogens with two attached hydrogens (primary N) is 1. The zero-order valence-corrected chi connectivity index (χ0v) is 12.1. The van der Waals surface area contributed by atoms with Crippen molar-refractivity contribution >= 4 is 0 Å². The molecule has 0 spiro atoms. The summed E-state index contributed by atoms with van der Waals surface area (Å²) in [5.74, 6) is 0.549. The summed E-state index contributed by atoms with van der Waals surface area (Å²) >= 11 is 0. The number of hydrogen-bond acceptors (Lipinski definition) is 3. The highest BCUT2D eigenvalue weighted by molar-refractivity contribution is 5.25. The van der Waals surface area contributed by atoms with E-state index >= 15 is 0 Å². The first-order valence-electron chi connectivity index (χ1n) is 7.86. The number of ether oxygens (including phenoxy) is 2. The summed E-state index contributed by atoms with van der Waals surface area (Å²) in [4.78, 5) is 0. The minimum Gasteiger partial charge on any atom is -0.375 e. The van der Waals surface area contributed by atoms with Gasteiger partial charge in [0.2, 0.25) is 0 Å². The molecular weight excluding hydrogens is 250 g/mol. The van der Waals surface area contributed by atoms with Gasteiger partial charge in [-0.3, -0.25) is 0 Å². The van der Waals surface area contributed by atoms with Crippen molar-refractivity contribution in [1.29, 1.82) is 0 Å². The lowest BCUT2D eigenvalue weighted by Crippen LogP contribution is -2.52. The Morgan fingerprint density at radius 2 is 1.85 bits per heavy atom. The van der Waals surface area contributed by atoms with Crippen LogP contribution < -0.4 is 5.73 Å². The average Bonchev–Trinajstić information content (AvgIpc) is 2.56. The second kappa shape index (κ2) is 6.25. The van der Waals surface area contributed by atoms with Crippen LogP contribution in [0.15, 0.2) is 30.3 Å². The lowest BCUT2D eigenvalue weighted by molar-refractivity contribution is -0.229. The van der Waals surface area contributed by atoms with Gasteiger partial charge in [-0.1, -0.05) is 49.6 Å². The summed E-state index contributed by atoms with van der Waals surface area (Å²) < 4.78 is 12.4. The van der Waals surface area contributed by atoms with Crippen LogP contribution in [0.5, 0.6) is 0 Å². The van der Waals surface area contributed by atoms with Crippen molar-refractivity contribution in [3.8, 4) is 0 Å². The summed E-state index contributed by atoms with van der Waals surface area (Å²) in [6.07, 6.45) is 6.44. The van der Waals surface area contributed by atoms with E-state index < -0.39 is 0 Å². The molecule has 1 saturated heterocycles. The van der Waals surface area contributed by atoms with Gasteiger partial charge in [0.25, 0.3) is 0 Å². The molecule has 3 heteroatoms. The molecule has 0 bridgehead atoms. The Morgan fingerprint density at radius 3 is 2.55 bits per heavy atom. The molecule has 2 atom stereocenters. The van der Waals surface area contributed by atoms with E-state index in [1.54, 1.807) is 0 Å². The van der Waals surface area contributed by atoms with Crippen molar-refractivity contribution in [2.45, 2.75) is 43.8 Å². The second-order valence-corrected chi connectivity index (χ2v) is 6.08.